The van der Waals surface area contributed by atoms with Crippen molar-refractivity contribution in [2.75, 3.05) is 23.7 Å². The van der Waals surface area contributed by atoms with Crippen LogP contribution in [0.1, 0.15) is 25.8 Å². The summed E-state index contributed by atoms with van der Waals surface area (Å²) in [4.78, 5) is 11.2. The van der Waals surface area contributed by atoms with Gasteiger partial charge in [-0.25, -0.2) is 27.2 Å². The van der Waals surface area contributed by atoms with Crippen LogP contribution in [0.3, 0.4) is 0 Å². The van der Waals surface area contributed by atoms with E-state index in [9.17, 15) is 17.2 Å². The van der Waals surface area contributed by atoms with Crippen LogP contribution < -0.4 is 4.31 Å². The van der Waals surface area contributed by atoms with Crippen molar-refractivity contribution in [1.82, 2.24) is 14.9 Å². The van der Waals surface area contributed by atoms with Crippen molar-refractivity contribution in [2.45, 2.75) is 31.8 Å². The SMILES string of the molecule is CCN1CC(N(c2cc(F)cc(F)c2)S(C)(=O)=O)C1(CC)c1cnc(-c2ccc(Cl)cc2)nc1. The Balaban J connectivity index is 1.79. The third-order valence-electron chi connectivity index (χ3n) is 6.43. The largest absolute Gasteiger partial charge is 0.290 e. The van der Waals surface area contributed by atoms with Crippen molar-refractivity contribution >= 4 is 27.3 Å². The third kappa shape index (κ3) is 4.28. The van der Waals surface area contributed by atoms with E-state index in [-0.39, 0.29) is 5.69 Å². The predicted octanol–water partition coefficient (Wildman–Crippen LogP) is 4.85. The second-order valence-corrected chi connectivity index (χ2v) is 10.6. The van der Waals surface area contributed by atoms with Gasteiger partial charge >= 0.3 is 0 Å². The maximum atomic E-state index is 14.0. The molecule has 2 aromatic carbocycles. The number of halogens is 3. The van der Waals surface area contributed by atoms with Crippen molar-refractivity contribution in [2.24, 2.45) is 0 Å². The van der Waals surface area contributed by atoms with Crippen LogP contribution in [0, 0.1) is 11.6 Å². The number of hydrogen-bond acceptors (Lipinski definition) is 5. The summed E-state index contributed by atoms with van der Waals surface area (Å²) in [5.41, 5.74) is 0.722. The molecule has 0 amide bonds. The first-order chi connectivity index (χ1) is 16.1. The Morgan fingerprint density at radius 1 is 1.09 bits per heavy atom. The molecule has 34 heavy (non-hydrogen) atoms. The van der Waals surface area contributed by atoms with Crippen LogP contribution in [0.5, 0.6) is 0 Å². The molecule has 6 nitrogen and oxygen atoms in total. The number of sulfonamides is 1. The maximum absolute atomic E-state index is 14.0. The highest BCUT2D eigenvalue weighted by Crippen LogP contribution is 2.47. The van der Waals surface area contributed by atoms with Gasteiger partial charge in [0.05, 0.1) is 23.5 Å². The highest BCUT2D eigenvalue weighted by molar-refractivity contribution is 7.92. The highest BCUT2D eigenvalue weighted by atomic mass is 35.5. The fourth-order valence-electron chi connectivity index (χ4n) is 4.91. The summed E-state index contributed by atoms with van der Waals surface area (Å²) in [5.74, 6) is -1.17. The highest BCUT2D eigenvalue weighted by Gasteiger charge is 2.57. The van der Waals surface area contributed by atoms with E-state index in [4.69, 9.17) is 11.6 Å². The van der Waals surface area contributed by atoms with Crippen molar-refractivity contribution in [3.63, 3.8) is 0 Å². The van der Waals surface area contributed by atoms with Crippen LogP contribution in [0.15, 0.2) is 54.9 Å². The van der Waals surface area contributed by atoms with Crippen molar-refractivity contribution in [1.29, 1.82) is 0 Å². The quantitative estimate of drug-likeness (QED) is 0.458. The number of likely N-dealkylation sites (tertiary alicyclic amines) is 1. The van der Waals surface area contributed by atoms with Gasteiger partial charge in [-0.1, -0.05) is 25.4 Å². The van der Waals surface area contributed by atoms with E-state index in [1.807, 2.05) is 26.0 Å². The molecule has 2 unspecified atom stereocenters. The third-order valence-corrected chi connectivity index (χ3v) is 7.86. The number of likely N-dealkylation sites (N-methyl/N-ethyl adjacent to an activating group) is 1. The van der Waals surface area contributed by atoms with E-state index < -0.39 is 33.2 Å². The smallest absolute Gasteiger partial charge is 0.232 e. The van der Waals surface area contributed by atoms with Gasteiger partial charge in [0, 0.05) is 41.2 Å². The normalized spacial score (nSPS) is 20.7. The fraction of sp³-hybridized carbons (Fsp3) is 0.333. The standard InChI is InChI=1S/C24H25ClF2N4O2S/c1-4-24(17-13-28-23(29-14-17)16-6-8-18(25)9-7-16)22(15-30(24)5-2)31(34(3,32)33)21-11-19(26)10-20(27)12-21/h6-14,22H,4-5,15H2,1-3H3. The molecule has 0 radical (unpaired) electrons. The molecule has 0 aliphatic carbocycles. The van der Waals surface area contributed by atoms with Crippen LogP contribution in [0.25, 0.3) is 11.4 Å². The lowest BCUT2D eigenvalue weighted by Crippen LogP contribution is -2.74. The van der Waals surface area contributed by atoms with Crippen LogP contribution in [0.4, 0.5) is 14.5 Å². The van der Waals surface area contributed by atoms with Gasteiger partial charge in [0.1, 0.15) is 11.6 Å². The number of rotatable bonds is 7. The van der Waals surface area contributed by atoms with Gasteiger partial charge in [0.2, 0.25) is 10.0 Å². The molecule has 0 N–H and O–H groups in total. The molecule has 0 spiro atoms. The second kappa shape index (κ2) is 9.20. The number of benzene rings is 2. The summed E-state index contributed by atoms with van der Waals surface area (Å²) in [6, 6.07) is 9.36. The molecular weight excluding hydrogens is 482 g/mol. The lowest BCUT2D eigenvalue weighted by Gasteiger charge is -2.61. The van der Waals surface area contributed by atoms with Gasteiger partial charge < -0.3 is 0 Å². The summed E-state index contributed by atoms with van der Waals surface area (Å²) in [6.07, 6.45) is 4.98. The maximum Gasteiger partial charge on any atom is 0.232 e. The first-order valence-corrected chi connectivity index (χ1v) is 13.1. The Labute approximate surface area is 203 Å². The molecule has 1 saturated heterocycles. The van der Waals surface area contributed by atoms with E-state index in [2.05, 4.69) is 14.9 Å². The summed E-state index contributed by atoms with van der Waals surface area (Å²) < 4.78 is 55.0. The predicted molar refractivity (Wildman–Crippen MR) is 129 cm³/mol. The van der Waals surface area contributed by atoms with E-state index in [1.165, 1.54) is 0 Å². The number of aromatic nitrogens is 2. The summed E-state index contributed by atoms with van der Waals surface area (Å²) in [5, 5.41) is 0.607. The lowest BCUT2D eigenvalue weighted by molar-refractivity contribution is -0.0405. The van der Waals surface area contributed by atoms with Gasteiger partial charge in [-0.2, -0.15) is 0 Å². The Bertz CT molecular complexity index is 1270. The van der Waals surface area contributed by atoms with Crippen LogP contribution in [-0.2, 0) is 15.6 Å². The van der Waals surface area contributed by atoms with Gasteiger partial charge in [0.25, 0.3) is 0 Å². The molecule has 4 rings (SSSR count). The molecule has 2 heterocycles. The van der Waals surface area contributed by atoms with Gasteiger partial charge in [-0.05, 0) is 49.4 Å². The van der Waals surface area contributed by atoms with E-state index in [0.717, 1.165) is 39.9 Å². The molecule has 10 heteroatoms. The molecule has 1 aliphatic heterocycles. The van der Waals surface area contributed by atoms with Gasteiger partial charge in [0.15, 0.2) is 5.82 Å². The fourth-order valence-corrected chi connectivity index (χ4v) is 6.23. The van der Waals surface area contributed by atoms with Crippen LogP contribution in [-0.4, -0.2) is 48.7 Å². The van der Waals surface area contributed by atoms with E-state index in [0.29, 0.717) is 30.4 Å². The number of nitrogens with zero attached hydrogens (tertiary/aromatic N) is 4. The Hall–Kier alpha value is -2.62. The molecule has 0 saturated carbocycles. The van der Waals surface area contributed by atoms with Crippen LogP contribution in [0.2, 0.25) is 5.02 Å². The summed E-state index contributed by atoms with van der Waals surface area (Å²) >= 11 is 5.97. The molecule has 3 aromatic rings. The summed E-state index contributed by atoms with van der Waals surface area (Å²) in [6.45, 7) is 4.98. The zero-order valence-electron chi connectivity index (χ0n) is 19.0. The number of hydrogen-bond donors (Lipinski definition) is 0. The first kappa shape index (κ1) is 24.5. The minimum absolute atomic E-state index is 0.0442. The molecule has 1 aliphatic rings. The lowest BCUT2D eigenvalue weighted by atomic mass is 9.72. The van der Waals surface area contributed by atoms with Gasteiger partial charge in [-0.15, -0.1) is 0 Å². The van der Waals surface area contributed by atoms with E-state index >= 15 is 0 Å². The van der Waals surface area contributed by atoms with Gasteiger partial charge in [-0.3, -0.25) is 9.21 Å². The Kier molecular flexibility index (Phi) is 6.63. The van der Waals surface area contributed by atoms with Crippen molar-refractivity contribution in [3.05, 3.63) is 77.1 Å². The Morgan fingerprint density at radius 3 is 2.18 bits per heavy atom. The van der Waals surface area contributed by atoms with Crippen molar-refractivity contribution < 1.29 is 17.2 Å². The molecule has 180 valence electrons. The van der Waals surface area contributed by atoms with Crippen LogP contribution >= 0.6 is 11.6 Å². The van der Waals surface area contributed by atoms with Crippen molar-refractivity contribution in [3.8, 4) is 11.4 Å². The molecule has 0 bridgehead atoms. The first-order valence-electron chi connectivity index (χ1n) is 10.9. The molecule has 2 atom stereocenters. The minimum Gasteiger partial charge on any atom is -0.290 e. The molecule has 1 fully saturated rings. The molecular formula is C24H25ClF2N4O2S. The number of anilines is 1. The zero-order chi connectivity index (χ0) is 24.7. The monoisotopic (exact) mass is 506 g/mol. The topological polar surface area (TPSA) is 66.4 Å². The average Bonchev–Trinajstić information content (AvgIpc) is 2.76. The zero-order valence-corrected chi connectivity index (χ0v) is 20.6. The average molecular weight is 507 g/mol. The second-order valence-electron chi connectivity index (χ2n) is 8.32. The van der Waals surface area contributed by atoms with E-state index in [1.54, 1.807) is 24.5 Å². The Morgan fingerprint density at radius 2 is 1.68 bits per heavy atom. The summed E-state index contributed by atoms with van der Waals surface area (Å²) in [7, 11) is -3.87. The molecule has 1 aromatic heterocycles. The minimum atomic E-state index is -3.87.